The summed E-state index contributed by atoms with van der Waals surface area (Å²) in [5.41, 5.74) is -1.54. The minimum atomic E-state index is -2.04. The number of aliphatic hydroxyl groups excluding tert-OH is 11. The molecule has 0 aromatic rings. The van der Waals surface area contributed by atoms with Crippen molar-refractivity contribution >= 4 is 17.9 Å². The molecule has 0 aromatic heterocycles. The van der Waals surface area contributed by atoms with Crippen LogP contribution in [0, 0.1) is 50.2 Å². The highest BCUT2D eigenvalue weighted by Crippen LogP contribution is 2.76. The summed E-state index contributed by atoms with van der Waals surface area (Å²) in [6, 6.07) is 0. The van der Waals surface area contributed by atoms with Crippen molar-refractivity contribution < 1.29 is 118 Å². The number of carbonyl (C=O) groups is 3. The maximum absolute atomic E-state index is 14.8. The van der Waals surface area contributed by atoms with E-state index in [1.807, 2.05) is 0 Å². The molecule has 24 nitrogen and oxygen atoms in total. The first-order valence-electron chi connectivity index (χ1n) is 28.1. The van der Waals surface area contributed by atoms with E-state index in [1.54, 1.807) is 0 Å². The van der Waals surface area contributed by atoms with E-state index in [-0.39, 0.29) is 39.4 Å². The molecule has 79 heavy (non-hydrogen) atoms. The van der Waals surface area contributed by atoms with Crippen molar-refractivity contribution in [3.05, 3.63) is 11.6 Å². The highest BCUT2D eigenvalue weighted by atomic mass is 16.8. The lowest BCUT2D eigenvalue weighted by atomic mass is 9.33. The molecule has 0 radical (unpaired) electrons. The number of ether oxygens (including phenoxy) is 9. The molecule has 0 bridgehead atoms. The zero-order chi connectivity index (χ0) is 57.9. The second-order valence-corrected chi connectivity index (χ2v) is 26.4. The van der Waals surface area contributed by atoms with Gasteiger partial charge in [0.1, 0.15) is 73.2 Å². The molecule has 12 N–H and O–H groups in total. The third-order valence-corrected chi connectivity index (χ3v) is 21.3. The average Bonchev–Trinajstić information content (AvgIpc) is 3.85. The Labute approximate surface area is 459 Å². The highest BCUT2D eigenvalue weighted by Gasteiger charge is 2.70. The van der Waals surface area contributed by atoms with Crippen molar-refractivity contribution in [2.24, 2.45) is 50.2 Å². The molecular formula is C55H86O24. The number of carboxylic acids is 1. The second kappa shape index (κ2) is 22.1. The average molecular weight is 1130 g/mol. The van der Waals surface area contributed by atoms with Crippen LogP contribution in [0.4, 0.5) is 0 Å². The molecule has 24 heteroatoms. The van der Waals surface area contributed by atoms with E-state index in [4.69, 9.17) is 42.6 Å². The maximum Gasteiger partial charge on any atom is 0.335 e. The van der Waals surface area contributed by atoms with E-state index in [2.05, 4.69) is 54.5 Å². The topological polar surface area (TPSA) is 377 Å². The van der Waals surface area contributed by atoms with E-state index < -0.39 is 171 Å². The van der Waals surface area contributed by atoms with Crippen LogP contribution >= 0.6 is 0 Å². The molecule has 27 atom stereocenters. The van der Waals surface area contributed by atoms with Gasteiger partial charge in [0, 0.05) is 6.92 Å². The van der Waals surface area contributed by atoms with Crippen molar-refractivity contribution in [1.82, 2.24) is 0 Å². The van der Waals surface area contributed by atoms with Crippen molar-refractivity contribution in [2.45, 2.75) is 242 Å². The number of hydrogen-bond acceptors (Lipinski definition) is 23. The fraction of sp³-hybridized carbons (Fsp3) is 0.909. The predicted octanol–water partition coefficient (Wildman–Crippen LogP) is -0.733. The minimum absolute atomic E-state index is 0.0175. The molecule has 0 amide bonds. The van der Waals surface area contributed by atoms with Crippen LogP contribution in [0.25, 0.3) is 0 Å². The standard InChI is InChI=1S/C55H86O24/c1-23(59)71-41-40(76-45-37(65)34(62)28(22-58)73-45)42(44(68)69)77-48(43(41)78-46-38(66)35(63)32(60)26(20-56)72-46)75-31-12-13-52(6)29(51(31,4)5)11-14-54(8)30(52)10-9-24-25-19-50(2,3)15-17-55(25,18-16-53(24,54)7)49(70)79-47-39(67)36(64)33(61)27(21-57)74-47/h9,25-43,45-48,56-58,60-67H,10-22H2,1-8H3,(H,68,69). The first kappa shape index (κ1) is 61.0. The Morgan fingerprint density at radius 3 is 1.67 bits per heavy atom. The van der Waals surface area contributed by atoms with E-state index in [9.17, 15) is 75.7 Å². The van der Waals surface area contributed by atoms with Crippen LogP contribution < -0.4 is 0 Å². The Morgan fingerprint density at radius 1 is 0.570 bits per heavy atom. The quantitative estimate of drug-likeness (QED) is 0.0614. The number of aliphatic hydroxyl groups is 11. The molecule has 4 aliphatic heterocycles. The molecule has 0 spiro atoms. The minimum Gasteiger partial charge on any atom is -0.479 e. The third-order valence-electron chi connectivity index (χ3n) is 21.3. The molecule has 8 fully saturated rings. The molecule has 450 valence electrons. The molecular weight excluding hydrogens is 1040 g/mol. The van der Waals surface area contributed by atoms with E-state index in [1.165, 1.54) is 5.57 Å². The third kappa shape index (κ3) is 10.1. The van der Waals surface area contributed by atoms with Gasteiger partial charge in [0.2, 0.25) is 6.29 Å². The number of fused-ring (bicyclic) bond motifs is 7. The maximum atomic E-state index is 14.8. The molecule has 4 saturated heterocycles. The van der Waals surface area contributed by atoms with Gasteiger partial charge in [0.05, 0.1) is 31.3 Å². The van der Waals surface area contributed by atoms with Gasteiger partial charge in [-0.05, 0) is 109 Å². The Kier molecular flexibility index (Phi) is 17.1. The zero-order valence-electron chi connectivity index (χ0n) is 46.3. The molecule has 9 rings (SSSR count). The smallest absolute Gasteiger partial charge is 0.335 e. The van der Waals surface area contributed by atoms with Crippen LogP contribution in [-0.4, -0.2) is 222 Å². The number of esters is 2. The summed E-state index contributed by atoms with van der Waals surface area (Å²) in [5.74, 6) is -3.24. The summed E-state index contributed by atoms with van der Waals surface area (Å²) in [4.78, 5) is 41.1. The van der Waals surface area contributed by atoms with Crippen LogP contribution in [0.5, 0.6) is 0 Å². The summed E-state index contributed by atoms with van der Waals surface area (Å²) < 4.78 is 54.3. The summed E-state index contributed by atoms with van der Waals surface area (Å²) in [6.07, 6.45) is -24.8. The predicted molar refractivity (Wildman–Crippen MR) is 267 cm³/mol. The van der Waals surface area contributed by atoms with Crippen LogP contribution in [-0.2, 0) is 57.0 Å². The van der Waals surface area contributed by atoms with Gasteiger partial charge < -0.3 is 104 Å². The Balaban J connectivity index is 1.01. The van der Waals surface area contributed by atoms with Crippen LogP contribution in [0.1, 0.15) is 120 Å². The summed E-state index contributed by atoms with van der Waals surface area (Å²) in [6.45, 7) is 14.4. The van der Waals surface area contributed by atoms with Crippen molar-refractivity contribution in [3.63, 3.8) is 0 Å². The van der Waals surface area contributed by atoms with Gasteiger partial charge >= 0.3 is 17.9 Å². The zero-order valence-corrected chi connectivity index (χ0v) is 46.3. The highest BCUT2D eigenvalue weighted by molar-refractivity contribution is 5.79. The van der Waals surface area contributed by atoms with Crippen molar-refractivity contribution in [1.29, 1.82) is 0 Å². The largest absolute Gasteiger partial charge is 0.479 e. The Morgan fingerprint density at radius 2 is 1.10 bits per heavy atom. The van der Waals surface area contributed by atoms with Crippen molar-refractivity contribution in [3.8, 4) is 0 Å². The van der Waals surface area contributed by atoms with Crippen LogP contribution in [0.2, 0.25) is 0 Å². The number of allylic oxidation sites excluding steroid dienone is 2. The number of carboxylic acid groups (broad SMARTS) is 1. The SMILES string of the molecule is CC(=O)OC1C(OC2OC(CO)C(O)C(O)C2O)C(OC2CCC3(C)C(CCC4(C)C3CC=C3C5CC(C)(C)CCC5(C(=O)OC5OC(CO)C(O)C(O)C5O)CCC34C)C2(C)C)OC(C(=O)O)C1OC1OC(CO)C(O)C1O. The van der Waals surface area contributed by atoms with Gasteiger partial charge in [-0.3, -0.25) is 9.59 Å². The molecule has 9 aliphatic rings. The van der Waals surface area contributed by atoms with Gasteiger partial charge in [0.25, 0.3) is 0 Å². The van der Waals surface area contributed by atoms with E-state index in [0.717, 1.165) is 26.2 Å². The van der Waals surface area contributed by atoms with Gasteiger partial charge in [-0.1, -0.05) is 60.1 Å². The van der Waals surface area contributed by atoms with Crippen LogP contribution in [0.15, 0.2) is 11.6 Å². The molecule has 4 saturated carbocycles. The van der Waals surface area contributed by atoms with E-state index in [0.29, 0.717) is 44.9 Å². The first-order valence-corrected chi connectivity index (χ1v) is 28.1. The Bertz CT molecular complexity index is 2260. The lowest BCUT2D eigenvalue weighted by molar-refractivity contribution is -0.383. The van der Waals surface area contributed by atoms with Crippen molar-refractivity contribution in [2.75, 3.05) is 19.8 Å². The first-order chi connectivity index (χ1) is 36.9. The van der Waals surface area contributed by atoms with E-state index >= 15 is 0 Å². The normalized spacial score (nSPS) is 51.1. The second-order valence-electron chi connectivity index (χ2n) is 26.4. The fourth-order valence-electron chi connectivity index (χ4n) is 16.6. The lowest BCUT2D eigenvalue weighted by Crippen LogP contribution is -2.68. The van der Waals surface area contributed by atoms with Gasteiger partial charge in [-0.25, -0.2) is 4.79 Å². The van der Waals surface area contributed by atoms with Gasteiger partial charge in [0.15, 0.2) is 37.2 Å². The molecule has 4 heterocycles. The van der Waals surface area contributed by atoms with Gasteiger partial charge in [-0.15, -0.1) is 0 Å². The van der Waals surface area contributed by atoms with Crippen LogP contribution in [0.3, 0.4) is 0 Å². The Hall–Kier alpha value is -2.57. The number of hydrogen-bond donors (Lipinski definition) is 12. The number of rotatable bonds is 13. The summed E-state index contributed by atoms with van der Waals surface area (Å²) in [7, 11) is 0. The molecule has 0 aromatic carbocycles. The summed E-state index contributed by atoms with van der Waals surface area (Å²) in [5, 5.41) is 127. The molecule has 27 unspecified atom stereocenters. The number of aliphatic carboxylic acids is 1. The monoisotopic (exact) mass is 1130 g/mol. The lowest BCUT2D eigenvalue weighted by Gasteiger charge is -2.71. The molecule has 5 aliphatic carbocycles. The number of carbonyl (C=O) groups excluding carboxylic acids is 2. The van der Waals surface area contributed by atoms with Gasteiger partial charge in [-0.2, -0.15) is 0 Å². The fourth-order valence-corrected chi connectivity index (χ4v) is 16.6. The summed E-state index contributed by atoms with van der Waals surface area (Å²) >= 11 is 0.